The van der Waals surface area contributed by atoms with Crippen molar-refractivity contribution in [2.45, 2.75) is 39.3 Å². The summed E-state index contributed by atoms with van der Waals surface area (Å²) in [6.07, 6.45) is 1.99. The highest BCUT2D eigenvalue weighted by molar-refractivity contribution is 5.51. The van der Waals surface area contributed by atoms with Gasteiger partial charge in [-0.3, -0.25) is 0 Å². The summed E-state index contributed by atoms with van der Waals surface area (Å²) in [4.78, 5) is 8.58. The van der Waals surface area contributed by atoms with Gasteiger partial charge in [0.1, 0.15) is 5.82 Å². The predicted octanol–water partition coefficient (Wildman–Crippen LogP) is 0.915. The summed E-state index contributed by atoms with van der Waals surface area (Å²) >= 11 is 0. The zero-order valence-corrected chi connectivity index (χ0v) is 9.88. The Morgan fingerprint density at radius 3 is 3.06 bits per heavy atom. The maximum Gasteiger partial charge on any atom is 0.222 e. The smallest absolute Gasteiger partial charge is 0.222 e. The first-order valence-electron chi connectivity index (χ1n) is 5.83. The molecule has 4 N–H and O–H groups in total. The molecule has 2 rings (SSSR count). The quantitative estimate of drug-likeness (QED) is 0.707. The number of aromatic nitrogens is 2. The predicted molar refractivity (Wildman–Crippen MR) is 65.2 cm³/mol. The molecule has 1 aromatic rings. The number of hydrogen-bond acceptors (Lipinski definition) is 5. The first-order chi connectivity index (χ1) is 7.70. The Morgan fingerprint density at radius 1 is 1.50 bits per heavy atom. The molecule has 5 nitrogen and oxygen atoms in total. The minimum absolute atomic E-state index is 0.367. The molecular weight excluding hydrogens is 202 g/mol. The van der Waals surface area contributed by atoms with Crippen LogP contribution < -0.4 is 16.4 Å². The van der Waals surface area contributed by atoms with Crippen molar-refractivity contribution in [2.75, 3.05) is 17.6 Å². The number of nitrogens with zero attached hydrogens (tertiary/aromatic N) is 2. The first-order valence-corrected chi connectivity index (χ1v) is 5.83. The molecule has 0 spiro atoms. The molecule has 2 heterocycles. The molecule has 5 heteroatoms. The summed E-state index contributed by atoms with van der Waals surface area (Å²) in [7, 11) is 0. The lowest BCUT2D eigenvalue weighted by molar-refractivity contribution is 0.625. The number of rotatable bonds is 3. The fourth-order valence-corrected chi connectivity index (χ4v) is 1.82. The lowest BCUT2D eigenvalue weighted by Crippen LogP contribution is -2.28. The van der Waals surface area contributed by atoms with Crippen LogP contribution in [0.5, 0.6) is 0 Å². The summed E-state index contributed by atoms with van der Waals surface area (Å²) in [6.45, 7) is 6.08. The maximum atomic E-state index is 5.72. The van der Waals surface area contributed by atoms with E-state index in [1.807, 2.05) is 0 Å². The van der Waals surface area contributed by atoms with E-state index in [2.05, 4.69) is 34.4 Å². The molecule has 0 aromatic carbocycles. The Balaban J connectivity index is 2.31. The third-order valence-electron chi connectivity index (χ3n) is 2.95. The highest BCUT2D eigenvalue weighted by Crippen LogP contribution is 2.21. The average Bonchev–Trinajstić information content (AvgIpc) is 2.28. The fraction of sp³-hybridized carbons (Fsp3) is 0.636. The molecule has 0 aliphatic carbocycles. The first kappa shape index (κ1) is 11.1. The molecule has 0 radical (unpaired) electrons. The molecule has 88 valence electrons. The molecule has 1 aliphatic heterocycles. The van der Waals surface area contributed by atoms with E-state index >= 15 is 0 Å². The second-order valence-electron chi connectivity index (χ2n) is 4.24. The van der Waals surface area contributed by atoms with E-state index < -0.39 is 0 Å². The Morgan fingerprint density at radius 2 is 2.31 bits per heavy atom. The van der Waals surface area contributed by atoms with Gasteiger partial charge in [0.05, 0.1) is 5.69 Å². The molecule has 0 fully saturated rings. The van der Waals surface area contributed by atoms with E-state index in [0.717, 1.165) is 37.4 Å². The molecule has 16 heavy (non-hydrogen) atoms. The second kappa shape index (κ2) is 4.65. The molecule has 0 saturated carbocycles. The van der Waals surface area contributed by atoms with Crippen LogP contribution in [0.2, 0.25) is 0 Å². The molecule has 0 bridgehead atoms. The highest BCUT2D eigenvalue weighted by atomic mass is 15.1. The van der Waals surface area contributed by atoms with Crippen LogP contribution in [0.25, 0.3) is 0 Å². The van der Waals surface area contributed by atoms with Crippen LogP contribution in [-0.2, 0) is 13.0 Å². The van der Waals surface area contributed by atoms with Gasteiger partial charge in [0.15, 0.2) is 0 Å². The van der Waals surface area contributed by atoms with Crippen molar-refractivity contribution >= 4 is 11.8 Å². The van der Waals surface area contributed by atoms with Gasteiger partial charge in [-0.2, -0.15) is 4.98 Å². The van der Waals surface area contributed by atoms with Gasteiger partial charge in [0.2, 0.25) is 5.95 Å². The van der Waals surface area contributed by atoms with Crippen molar-refractivity contribution < 1.29 is 0 Å². The van der Waals surface area contributed by atoms with E-state index in [1.165, 1.54) is 5.56 Å². The topological polar surface area (TPSA) is 75.9 Å². The molecule has 1 aliphatic rings. The van der Waals surface area contributed by atoms with E-state index in [9.17, 15) is 0 Å². The third kappa shape index (κ3) is 2.24. The molecule has 0 saturated heterocycles. The number of fused-ring (bicyclic) bond motifs is 1. The lowest BCUT2D eigenvalue weighted by Gasteiger charge is -2.21. The van der Waals surface area contributed by atoms with Crippen LogP contribution in [0, 0.1) is 0 Å². The Kier molecular flexibility index (Phi) is 3.24. The Hall–Kier alpha value is -1.36. The standard InChI is InChI=1S/C11H19N5/c1-3-7(2)14-10-8-6-13-5-4-9(8)15-11(12)16-10/h7,13H,3-6H2,1-2H3,(H3,12,14,15,16). The number of anilines is 2. The Bertz CT molecular complexity index is 377. The van der Waals surface area contributed by atoms with Crippen molar-refractivity contribution in [3.05, 3.63) is 11.3 Å². The second-order valence-corrected chi connectivity index (χ2v) is 4.24. The minimum Gasteiger partial charge on any atom is -0.368 e. The van der Waals surface area contributed by atoms with Crippen molar-refractivity contribution in [1.82, 2.24) is 15.3 Å². The summed E-state index contributed by atoms with van der Waals surface area (Å²) < 4.78 is 0. The minimum atomic E-state index is 0.367. The SMILES string of the molecule is CCC(C)Nc1nc(N)nc2c1CNCC2. The van der Waals surface area contributed by atoms with E-state index in [1.54, 1.807) is 0 Å². The number of hydrogen-bond donors (Lipinski definition) is 3. The van der Waals surface area contributed by atoms with Crippen LogP contribution in [0.1, 0.15) is 31.5 Å². The summed E-state index contributed by atoms with van der Waals surface area (Å²) in [5, 5.41) is 6.72. The monoisotopic (exact) mass is 221 g/mol. The highest BCUT2D eigenvalue weighted by Gasteiger charge is 2.17. The van der Waals surface area contributed by atoms with Gasteiger partial charge < -0.3 is 16.4 Å². The van der Waals surface area contributed by atoms with E-state index in [0.29, 0.717) is 12.0 Å². The summed E-state index contributed by atoms with van der Waals surface area (Å²) in [6, 6.07) is 0.403. The van der Waals surface area contributed by atoms with Gasteiger partial charge in [-0.1, -0.05) is 6.92 Å². The van der Waals surface area contributed by atoms with Crippen molar-refractivity contribution in [3.63, 3.8) is 0 Å². The van der Waals surface area contributed by atoms with E-state index in [4.69, 9.17) is 5.73 Å². The summed E-state index contributed by atoms with van der Waals surface area (Å²) in [5.74, 6) is 1.26. The average molecular weight is 221 g/mol. The van der Waals surface area contributed by atoms with Crippen molar-refractivity contribution in [3.8, 4) is 0 Å². The number of nitrogens with one attached hydrogen (secondary N) is 2. The van der Waals surface area contributed by atoms with Crippen LogP contribution in [0.4, 0.5) is 11.8 Å². The number of nitrogen functional groups attached to an aromatic ring is 1. The zero-order valence-electron chi connectivity index (χ0n) is 9.88. The van der Waals surface area contributed by atoms with Gasteiger partial charge in [-0.15, -0.1) is 0 Å². The van der Waals surface area contributed by atoms with Crippen molar-refractivity contribution in [1.29, 1.82) is 0 Å². The molecular formula is C11H19N5. The van der Waals surface area contributed by atoms with Crippen LogP contribution in [-0.4, -0.2) is 22.6 Å². The zero-order chi connectivity index (χ0) is 11.5. The fourth-order valence-electron chi connectivity index (χ4n) is 1.82. The number of nitrogens with two attached hydrogens (primary N) is 1. The van der Waals surface area contributed by atoms with Gasteiger partial charge in [-0.25, -0.2) is 4.98 Å². The van der Waals surface area contributed by atoms with Crippen LogP contribution in [0.3, 0.4) is 0 Å². The van der Waals surface area contributed by atoms with Crippen LogP contribution in [0.15, 0.2) is 0 Å². The van der Waals surface area contributed by atoms with E-state index in [-0.39, 0.29) is 0 Å². The Labute approximate surface area is 95.9 Å². The van der Waals surface area contributed by atoms with Gasteiger partial charge in [0.25, 0.3) is 0 Å². The van der Waals surface area contributed by atoms with Gasteiger partial charge in [0, 0.05) is 31.1 Å². The van der Waals surface area contributed by atoms with Gasteiger partial charge in [-0.05, 0) is 13.3 Å². The lowest BCUT2D eigenvalue weighted by atomic mass is 10.1. The maximum absolute atomic E-state index is 5.72. The normalized spacial score (nSPS) is 16.6. The molecule has 0 amide bonds. The molecule has 1 unspecified atom stereocenters. The van der Waals surface area contributed by atoms with Gasteiger partial charge >= 0.3 is 0 Å². The van der Waals surface area contributed by atoms with Crippen LogP contribution >= 0.6 is 0 Å². The van der Waals surface area contributed by atoms with Crippen molar-refractivity contribution in [2.24, 2.45) is 0 Å². The molecule has 1 aromatic heterocycles. The third-order valence-corrected chi connectivity index (χ3v) is 2.95. The largest absolute Gasteiger partial charge is 0.368 e. The molecule has 1 atom stereocenters. The summed E-state index contributed by atoms with van der Waals surface area (Å²) in [5.41, 5.74) is 7.97.